The average molecular weight is 601 g/mol. The summed E-state index contributed by atoms with van der Waals surface area (Å²) < 4.78 is 43.6. The minimum atomic E-state index is -0.0549. The fourth-order valence-electron chi connectivity index (χ4n) is 7.25. The first-order chi connectivity index (χ1) is 25.0. The number of rotatable bonds is 3. The summed E-state index contributed by atoms with van der Waals surface area (Å²) in [5.41, 5.74) is 5.72. The first-order valence-corrected chi connectivity index (χ1v) is 15.8. The lowest BCUT2D eigenvalue weighted by Crippen LogP contribution is -1.91. The van der Waals surface area contributed by atoms with Gasteiger partial charge in [0.05, 0.1) is 5.48 Å². The molecule has 0 fully saturated rings. The van der Waals surface area contributed by atoms with Gasteiger partial charge in [-0.3, -0.25) is 0 Å². The van der Waals surface area contributed by atoms with E-state index in [0.29, 0.717) is 22.3 Å². The van der Waals surface area contributed by atoms with Crippen molar-refractivity contribution in [1.29, 1.82) is 0 Å². The van der Waals surface area contributed by atoms with Crippen molar-refractivity contribution in [3.63, 3.8) is 0 Å². The van der Waals surface area contributed by atoms with Crippen LogP contribution in [0.4, 0.5) is 0 Å². The summed E-state index contributed by atoms with van der Waals surface area (Å²) in [6, 6.07) is 48.7. The normalized spacial score (nSPS) is 13.0. The molecule has 10 rings (SSSR count). The second kappa shape index (κ2) is 10.2. The summed E-state index contributed by atoms with van der Waals surface area (Å²) in [7, 11) is 0. The molecule has 47 heavy (non-hydrogen) atoms. The van der Waals surface area contributed by atoms with Gasteiger partial charge in [0.25, 0.3) is 0 Å². The molecule has 218 valence electrons. The predicted molar refractivity (Wildman–Crippen MR) is 200 cm³/mol. The molecule has 0 amide bonds. The van der Waals surface area contributed by atoms with E-state index in [1.165, 1.54) is 0 Å². The number of benzene rings is 9. The maximum Gasteiger partial charge on any atom is 0.136 e. The minimum absolute atomic E-state index is 0.0525. The van der Waals surface area contributed by atoms with Gasteiger partial charge in [0.1, 0.15) is 11.2 Å². The largest absolute Gasteiger partial charge is 0.456 e. The lowest BCUT2D eigenvalue weighted by atomic mass is 9.85. The monoisotopic (exact) mass is 600 g/mol. The Kier molecular flexibility index (Phi) is 4.83. The second-order valence-electron chi connectivity index (χ2n) is 12.2. The summed E-state index contributed by atoms with van der Waals surface area (Å²) in [4.78, 5) is 0. The van der Waals surface area contributed by atoms with E-state index in [4.69, 9.17) is 4.42 Å². The van der Waals surface area contributed by atoms with E-state index >= 15 is 0 Å². The first kappa shape index (κ1) is 22.3. The van der Waals surface area contributed by atoms with E-state index < -0.39 is 0 Å². The SMILES string of the molecule is [2H]c1c([2H])c(-c2c3ccccc3c(-c3ccc4oc5cc6ccccc6cc5c4c3)c3ccccc23)c([2H])c([2H])c1-c1ccc2ccccc2c1. The molecule has 9 aromatic carbocycles. The molecule has 0 spiro atoms. The molecule has 0 atom stereocenters. The van der Waals surface area contributed by atoms with Gasteiger partial charge in [-0.05, 0) is 107 Å². The molecule has 0 N–H and O–H groups in total. The Morgan fingerprint density at radius 3 is 1.47 bits per heavy atom. The zero-order valence-electron chi connectivity index (χ0n) is 29.3. The Morgan fingerprint density at radius 2 is 0.809 bits per heavy atom. The van der Waals surface area contributed by atoms with Crippen LogP contribution in [0.2, 0.25) is 0 Å². The van der Waals surface area contributed by atoms with Gasteiger partial charge in [0, 0.05) is 10.8 Å². The molecular weight excluding hydrogens is 569 g/mol. The molecule has 1 aromatic heterocycles. The fourth-order valence-corrected chi connectivity index (χ4v) is 7.25. The molecule has 0 aliphatic heterocycles. The summed E-state index contributed by atoms with van der Waals surface area (Å²) >= 11 is 0. The maximum absolute atomic E-state index is 9.40. The number of hydrogen-bond acceptors (Lipinski definition) is 1. The smallest absolute Gasteiger partial charge is 0.136 e. The summed E-state index contributed by atoms with van der Waals surface area (Å²) in [5, 5.41) is 10.1. The van der Waals surface area contributed by atoms with Crippen LogP contribution >= 0.6 is 0 Å². The van der Waals surface area contributed by atoms with E-state index in [1.807, 2.05) is 91.0 Å². The Hall–Kier alpha value is -6.18. The lowest BCUT2D eigenvalue weighted by molar-refractivity contribution is 0.669. The van der Waals surface area contributed by atoms with Gasteiger partial charge in [-0.15, -0.1) is 0 Å². The molecular formula is C46H28O. The zero-order valence-corrected chi connectivity index (χ0v) is 25.3. The number of hydrogen-bond donors (Lipinski definition) is 0. The van der Waals surface area contributed by atoms with E-state index in [1.54, 1.807) is 0 Å². The quantitative estimate of drug-likeness (QED) is 0.184. The molecule has 0 saturated carbocycles. The molecule has 0 unspecified atom stereocenters. The van der Waals surface area contributed by atoms with Gasteiger partial charge < -0.3 is 4.42 Å². The zero-order chi connectivity index (χ0) is 34.4. The van der Waals surface area contributed by atoms with E-state index in [2.05, 4.69) is 54.6 Å². The van der Waals surface area contributed by atoms with Crippen molar-refractivity contribution in [3.8, 4) is 33.4 Å². The van der Waals surface area contributed by atoms with Gasteiger partial charge in [0.2, 0.25) is 0 Å². The molecule has 0 aliphatic rings. The fraction of sp³-hybridized carbons (Fsp3) is 0. The summed E-state index contributed by atoms with van der Waals surface area (Å²) in [6.45, 7) is 0. The highest BCUT2D eigenvalue weighted by atomic mass is 16.3. The molecule has 10 aromatic rings. The van der Waals surface area contributed by atoms with Crippen LogP contribution < -0.4 is 0 Å². The van der Waals surface area contributed by atoms with E-state index in [-0.39, 0.29) is 24.2 Å². The highest BCUT2D eigenvalue weighted by molar-refractivity contribution is 6.22. The number of fused-ring (bicyclic) bond motifs is 7. The highest BCUT2D eigenvalue weighted by Gasteiger charge is 2.18. The van der Waals surface area contributed by atoms with Crippen molar-refractivity contribution in [1.82, 2.24) is 0 Å². The van der Waals surface area contributed by atoms with E-state index in [0.717, 1.165) is 76.2 Å². The van der Waals surface area contributed by atoms with Gasteiger partial charge in [-0.25, -0.2) is 0 Å². The second-order valence-corrected chi connectivity index (χ2v) is 12.2. The lowest BCUT2D eigenvalue weighted by Gasteiger charge is -2.18. The third-order valence-electron chi connectivity index (χ3n) is 9.47. The van der Waals surface area contributed by atoms with Crippen LogP contribution in [-0.2, 0) is 0 Å². The van der Waals surface area contributed by atoms with Crippen LogP contribution in [0, 0.1) is 0 Å². The Labute approximate surface area is 277 Å². The third-order valence-corrected chi connectivity index (χ3v) is 9.47. The minimum Gasteiger partial charge on any atom is -0.456 e. The van der Waals surface area contributed by atoms with Crippen molar-refractivity contribution in [2.24, 2.45) is 0 Å². The van der Waals surface area contributed by atoms with Gasteiger partial charge in [-0.1, -0.05) is 139 Å². The molecule has 0 bridgehead atoms. The standard InChI is InChI=1S/C46H28O/c1-2-10-32-25-35(22-19-29(32)9-1)30-17-20-31(21-18-30)45-37-13-5-7-15-39(37)46(40-16-8-6-14-38(40)45)36-23-24-43-41(27-36)42-26-33-11-3-4-12-34(33)28-44(42)47-43/h1-28H/i17D,18D,20D,21D. The molecule has 0 radical (unpaired) electrons. The molecule has 0 aliphatic carbocycles. The van der Waals surface area contributed by atoms with Crippen LogP contribution in [0.15, 0.2) is 174 Å². The van der Waals surface area contributed by atoms with Crippen molar-refractivity contribution in [3.05, 3.63) is 170 Å². The third kappa shape index (κ3) is 4.10. The van der Waals surface area contributed by atoms with Gasteiger partial charge in [-0.2, -0.15) is 0 Å². The first-order valence-electron chi connectivity index (χ1n) is 17.8. The molecule has 1 nitrogen and oxygen atoms in total. The van der Waals surface area contributed by atoms with E-state index in [9.17, 15) is 5.48 Å². The van der Waals surface area contributed by atoms with Crippen LogP contribution in [0.1, 0.15) is 5.48 Å². The van der Waals surface area contributed by atoms with Crippen LogP contribution in [-0.4, -0.2) is 0 Å². The Morgan fingerprint density at radius 1 is 0.319 bits per heavy atom. The summed E-state index contributed by atoms with van der Waals surface area (Å²) in [5.74, 6) is 0. The van der Waals surface area contributed by atoms with Crippen LogP contribution in [0.5, 0.6) is 0 Å². The summed E-state index contributed by atoms with van der Waals surface area (Å²) in [6.07, 6.45) is 0. The molecule has 0 saturated heterocycles. The van der Waals surface area contributed by atoms with Crippen molar-refractivity contribution in [2.45, 2.75) is 0 Å². The topological polar surface area (TPSA) is 13.1 Å². The molecule has 1 heteroatoms. The van der Waals surface area contributed by atoms with Gasteiger partial charge in [0.15, 0.2) is 0 Å². The highest BCUT2D eigenvalue weighted by Crippen LogP contribution is 2.45. The van der Waals surface area contributed by atoms with Crippen LogP contribution in [0.3, 0.4) is 0 Å². The Balaban J connectivity index is 1.24. The van der Waals surface area contributed by atoms with Crippen LogP contribution in [0.25, 0.3) is 98.4 Å². The Bertz CT molecular complexity index is 3000. The van der Waals surface area contributed by atoms with Crippen molar-refractivity contribution < 1.29 is 9.90 Å². The van der Waals surface area contributed by atoms with Crippen molar-refractivity contribution in [2.75, 3.05) is 0 Å². The predicted octanol–water partition coefficient (Wildman–Crippen LogP) is 13.2. The number of furan rings is 1. The maximum atomic E-state index is 9.40. The van der Waals surface area contributed by atoms with Gasteiger partial charge >= 0.3 is 0 Å². The van der Waals surface area contributed by atoms with Crippen molar-refractivity contribution >= 4 is 65.0 Å². The molecule has 1 heterocycles. The average Bonchev–Trinajstić information content (AvgIpc) is 3.52.